The molecule has 1 aliphatic heterocycles. The van der Waals surface area contributed by atoms with Gasteiger partial charge >= 0.3 is 6.09 Å². The molecule has 1 amide bonds. The predicted octanol–water partition coefficient (Wildman–Crippen LogP) is 3.66. The Morgan fingerprint density at radius 1 is 1.35 bits per heavy atom. The Kier molecular flexibility index (Phi) is 4.11. The number of rotatable bonds is 2. The molecule has 122 valence electrons. The van der Waals surface area contributed by atoms with E-state index in [9.17, 15) is 4.79 Å². The number of amides is 1. The second-order valence-electron chi connectivity index (χ2n) is 6.97. The first-order valence-electron chi connectivity index (χ1n) is 8.00. The first-order chi connectivity index (χ1) is 10.9. The molecule has 1 atom stereocenters. The van der Waals surface area contributed by atoms with E-state index in [2.05, 4.69) is 22.4 Å². The van der Waals surface area contributed by atoms with Crippen LogP contribution < -0.4 is 5.32 Å². The summed E-state index contributed by atoms with van der Waals surface area (Å²) in [5.74, 6) is 0. The van der Waals surface area contributed by atoms with Gasteiger partial charge in [-0.1, -0.05) is 18.2 Å². The van der Waals surface area contributed by atoms with Crippen molar-refractivity contribution in [1.29, 1.82) is 0 Å². The van der Waals surface area contributed by atoms with Crippen LogP contribution in [0.25, 0.3) is 10.9 Å². The van der Waals surface area contributed by atoms with Crippen molar-refractivity contribution < 1.29 is 9.53 Å². The SMILES string of the molecule is CC(C)(C)OC(=O)N1CC[C@@H](Nc2cnc3ccccc3c2)C1. The maximum Gasteiger partial charge on any atom is 0.410 e. The number of hydrogen-bond acceptors (Lipinski definition) is 4. The largest absolute Gasteiger partial charge is 0.444 e. The van der Waals surface area contributed by atoms with Crippen molar-refractivity contribution in [3.63, 3.8) is 0 Å². The molecule has 2 aromatic rings. The van der Waals surface area contributed by atoms with Gasteiger partial charge in [0.2, 0.25) is 0 Å². The normalized spacial score (nSPS) is 18.2. The molecule has 2 heterocycles. The summed E-state index contributed by atoms with van der Waals surface area (Å²) < 4.78 is 5.42. The Morgan fingerprint density at radius 3 is 2.91 bits per heavy atom. The molecule has 5 nitrogen and oxygen atoms in total. The molecule has 1 saturated heterocycles. The lowest BCUT2D eigenvalue weighted by atomic mass is 10.2. The zero-order chi connectivity index (χ0) is 16.4. The first kappa shape index (κ1) is 15.6. The van der Waals surface area contributed by atoms with Gasteiger partial charge in [0.25, 0.3) is 0 Å². The van der Waals surface area contributed by atoms with E-state index in [4.69, 9.17) is 4.74 Å². The Labute approximate surface area is 136 Å². The number of hydrogen-bond donors (Lipinski definition) is 1. The van der Waals surface area contributed by atoms with Gasteiger partial charge in [-0.15, -0.1) is 0 Å². The van der Waals surface area contributed by atoms with Crippen LogP contribution in [0.3, 0.4) is 0 Å². The number of pyridine rings is 1. The standard InChI is InChI=1S/C18H23N3O2/c1-18(2,3)23-17(22)21-9-8-14(12-21)20-15-10-13-6-4-5-7-16(13)19-11-15/h4-7,10-11,14,20H,8-9,12H2,1-3H3/t14-/m1/s1. The summed E-state index contributed by atoms with van der Waals surface area (Å²) >= 11 is 0. The summed E-state index contributed by atoms with van der Waals surface area (Å²) in [7, 11) is 0. The number of ether oxygens (including phenoxy) is 1. The third kappa shape index (κ3) is 3.92. The third-order valence-electron chi connectivity index (χ3n) is 3.80. The summed E-state index contributed by atoms with van der Waals surface area (Å²) in [6, 6.07) is 10.4. The molecule has 1 aliphatic rings. The number of fused-ring (bicyclic) bond motifs is 1. The number of para-hydroxylation sites is 1. The Morgan fingerprint density at radius 2 is 2.13 bits per heavy atom. The molecular weight excluding hydrogens is 290 g/mol. The van der Waals surface area contributed by atoms with Crippen LogP contribution in [0.15, 0.2) is 36.5 Å². The zero-order valence-electron chi connectivity index (χ0n) is 13.9. The van der Waals surface area contributed by atoms with Crippen LogP contribution in [0.5, 0.6) is 0 Å². The van der Waals surface area contributed by atoms with E-state index in [0.717, 1.165) is 23.0 Å². The molecule has 0 saturated carbocycles. The van der Waals surface area contributed by atoms with Crippen LogP contribution in [-0.4, -0.2) is 40.7 Å². The number of anilines is 1. The maximum absolute atomic E-state index is 12.1. The van der Waals surface area contributed by atoms with Crippen molar-refractivity contribution >= 4 is 22.7 Å². The van der Waals surface area contributed by atoms with Crippen molar-refractivity contribution in [1.82, 2.24) is 9.88 Å². The quantitative estimate of drug-likeness (QED) is 0.919. The Hall–Kier alpha value is -2.30. The van der Waals surface area contributed by atoms with Gasteiger partial charge in [-0.05, 0) is 39.3 Å². The molecule has 5 heteroatoms. The molecule has 1 N–H and O–H groups in total. The minimum Gasteiger partial charge on any atom is -0.444 e. The van der Waals surface area contributed by atoms with Crippen LogP contribution >= 0.6 is 0 Å². The van der Waals surface area contributed by atoms with Gasteiger partial charge in [-0.3, -0.25) is 4.98 Å². The molecule has 0 aliphatic carbocycles. The summed E-state index contributed by atoms with van der Waals surface area (Å²) in [6.07, 6.45) is 2.52. The van der Waals surface area contributed by atoms with E-state index in [1.165, 1.54) is 0 Å². The van der Waals surface area contributed by atoms with Crippen molar-refractivity contribution in [2.45, 2.75) is 38.8 Å². The van der Waals surface area contributed by atoms with Crippen LogP contribution in [-0.2, 0) is 4.74 Å². The van der Waals surface area contributed by atoms with Crippen molar-refractivity contribution in [2.75, 3.05) is 18.4 Å². The monoisotopic (exact) mass is 313 g/mol. The molecule has 23 heavy (non-hydrogen) atoms. The van der Waals surface area contributed by atoms with E-state index in [-0.39, 0.29) is 12.1 Å². The topological polar surface area (TPSA) is 54.5 Å². The molecule has 1 fully saturated rings. The molecule has 0 unspecified atom stereocenters. The van der Waals surface area contributed by atoms with Crippen molar-refractivity contribution in [3.05, 3.63) is 36.5 Å². The molecule has 0 bridgehead atoms. The average Bonchev–Trinajstić information content (AvgIpc) is 2.94. The van der Waals surface area contributed by atoms with Crippen molar-refractivity contribution in [3.8, 4) is 0 Å². The molecule has 0 spiro atoms. The van der Waals surface area contributed by atoms with Crippen LogP contribution in [0, 0.1) is 0 Å². The van der Waals surface area contributed by atoms with Crippen LogP contribution in [0.2, 0.25) is 0 Å². The first-order valence-corrected chi connectivity index (χ1v) is 8.00. The lowest BCUT2D eigenvalue weighted by Crippen LogP contribution is -2.36. The van der Waals surface area contributed by atoms with Gasteiger partial charge in [0.15, 0.2) is 0 Å². The highest BCUT2D eigenvalue weighted by Gasteiger charge is 2.29. The Balaban J connectivity index is 1.61. The van der Waals surface area contributed by atoms with Crippen LogP contribution in [0.1, 0.15) is 27.2 Å². The van der Waals surface area contributed by atoms with E-state index in [0.29, 0.717) is 13.1 Å². The molecule has 1 aromatic heterocycles. The second kappa shape index (κ2) is 6.07. The van der Waals surface area contributed by atoms with E-state index >= 15 is 0 Å². The summed E-state index contributed by atoms with van der Waals surface area (Å²) in [4.78, 5) is 18.3. The number of benzene rings is 1. The molecule has 3 rings (SSSR count). The third-order valence-corrected chi connectivity index (χ3v) is 3.80. The van der Waals surface area contributed by atoms with Gasteiger partial charge in [-0.2, -0.15) is 0 Å². The predicted molar refractivity (Wildman–Crippen MR) is 91.6 cm³/mol. The number of carbonyl (C=O) groups is 1. The summed E-state index contributed by atoms with van der Waals surface area (Å²) in [5.41, 5.74) is 1.52. The second-order valence-corrected chi connectivity index (χ2v) is 6.97. The highest BCUT2D eigenvalue weighted by atomic mass is 16.6. The number of likely N-dealkylation sites (tertiary alicyclic amines) is 1. The van der Waals surface area contributed by atoms with E-state index in [1.807, 2.05) is 45.2 Å². The van der Waals surface area contributed by atoms with E-state index in [1.54, 1.807) is 4.90 Å². The lowest BCUT2D eigenvalue weighted by molar-refractivity contribution is 0.0293. The zero-order valence-corrected chi connectivity index (χ0v) is 13.9. The Bertz CT molecular complexity index is 709. The number of aromatic nitrogens is 1. The highest BCUT2D eigenvalue weighted by molar-refractivity contribution is 5.81. The fourth-order valence-corrected chi connectivity index (χ4v) is 2.76. The van der Waals surface area contributed by atoms with Gasteiger partial charge in [0, 0.05) is 24.5 Å². The van der Waals surface area contributed by atoms with Gasteiger partial charge in [0.1, 0.15) is 5.60 Å². The highest BCUT2D eigenvalue weighted by Crippen LogP contribution is 2.21. The van der Waals surface area contributed by atoms with Gasteiger partial charge in [-0.25, -0.2) is 4.79 Å². The molecule has 0 radical (unpaired) electrons. The number of nitrogens with zero attached hydrogens (tertiary/aromatic N) is 2. The summed E-state index contributed by atoms with van der Waals surface area (Å²) in [6.45, 7) is 7.03. The lowest BCUT2D eigenvalue weighted by Gasteiger charge is -2.24. The van der Waals surface area contributed by atoms with Gasteiger partial charge in [0.05, 0.1) is 17.4 Å². The minimum atomic E-state index is -0.454. The maximum atomic E-state index is 12.1. The van der Waals surface area contributed by atoms with E-state index < -0.39 is 5.60 Å². The molecular formula is C18H23N3O2. The molecule has 1 aromatic carbocycles. The number of carbonyl (C=O) groups excluding carboxylic acids is 1. The minimum absolute atomic E-state index is 0.227. The summed E-state index contributed by atoms with van der Waals surface area (Å²) in [5, 5.41) is 4.58. The fraction of sp³-hybridized carbons (Fsp3) is 0.444. The average molecular weight is 313 g/mol. The number of nitrogens with one attached hydrogen (secondary N) is 1. The smallest absolute Gasteiger partial charge is 0.410 e. The van der Waals surface area contributed by atoms with Crippen molar-refractivity contribution in [2.24, 2.45) is 0 Å². The fourth-order valence-electron chi connectivity index (χ4n) is 2.76. The van der Waals surface area contributed by atoms with Crippen LogP contribution in [0.4, 0.5) is 10.5 Å². The van der Waals surface area contributed by atoms with Gasteiger partial charge < -0.3 is 15.0 Å².